The van der Waals surface area contributed by atoms with E-state index in [2.05, 4.69) is 25.3 Å². The van der Waals surface area contributed by atoms with Crippen molar-refractivity contribution in [1.82, 2.24) is 19.9 Å². The molecule has 4 heterocycles. The van der Waals surface area contributed by atoms with Gasteiger partial charge in [-0.2, -0.15) is 18.2 Å². The van der Waals surface area contributed by atoms with Crippen LogP contribution in [-0.2, 0) is 17.5 Å². The number of rotatable bonds is 6. The highest BCUT2D eigenvalue weighted by Gasteiger charge is 2.37. The highest BCUT2D eigenvalue weighted by Crippen LogP contribution is 2.35. The van der Waals surface area contributed by atoms with Crippen molar-refractivity contribution in [3.63, 3.8) is 0 Å². The number of pyridine rings is 2. The van der Waals surface area contributed by atoms with Gasteiger partial charge < -0.3 is 14.8 Å². The van der Waals surface area contributed by atoms with Crippen molar-refractivity contribution in [1.29, 1.82) is 0 Å². The third-order valence-corrected chi connectivity index (χ3v) is 4.18. The minimum absolute atomic E-state index is 0.0320. The summed E-state index contributed by atoms with van der Waals surface area (Å²) < 4.78 is 49.7. The minimum atomic E-state index is -4.61. The number of anilines is 1. The zero-order valence-corrected chi connectivity index (χ0v) is 15.1. The summed E-state index contributed by atoms with van der Waals surface area (Å²) in [6.07, 6.45) is 0.733. The fraction of sp³-hybridized carbons (Fsp3) is 0.263. The summed E-state index contributed by atoms with van der Waals surface area (Å²) in [6, 6.07) is 7.42. The van der Waals surface area contributed by atoms with Gasteiger partial charge >= 0.3 is 6.18 Å². The zero-order chi connectivity index (χ0) is 20.3. The van der Waals surface area contributed by atoms with Crippen molar-refractivity contribution in [3.8, 4) is 17.1 Å². The molecule has 1 aliphatic rings. The highest BCUT2D eigenvalue weighted by atomic mass is 19.4. The Kier molecular flexibility index (Phi) is 5.26. The van der Waals surface area contributed by atoms with Crippen molar-refractivity contribution in [2.24, 2.45) is 0 Å². The fourth-order valence-corrected chi connectivity index (χ4v) is 2.57. The molecule has 0 amide bonds. The van der Waals surface area contributed by atoms with Gasteiger partial charge in [0.05, 0.1) is 18.9 Å². The van der Waals surface area contributed by atoms with E-state index in [-0.39, 0.29) is 25.7 Å². The smallest absolute Gasteiger partial charge is 0.423 e. The molecule has 0 saturated carbocycles. The first-order valence-electron chi connectivity index (χ1n) is 8.77. The highest BCUT2D eigenvalue weighted by molar-refractivity contribution is 5.57. The van der Waals surface area contributed by atoms with Crippen LogP contribution < -0.4 is 10.1 Å². The van der Waals surface area contributed by atoms with Crippen LogP contribution in [-0.4, -0.2) is 39.3 Å². The predicted molar refractivity (Wildman–Crippen MR) is 97.1 cm³/mol. The monoisotopic (exact) mass is 403 g/mol. The van der Waals surface area contributed by atoms with Gasteiger partial charge in [-0.25, -0.2) is 4.98 Å². The summed E-state index contributed by atoms with van der Waals surface area (Å²) in [6.45, 7) is 0.760. The minimum Gasteiger partial charge on any atom is -0.469 e. The lowest BCUT2D eigenvalue weighted by atomic mass is 10.1. The van der Waals surface area contributed by atoms with E-state index in [1.54, 1.807) is 18.6 Å². The molecule has 150 valence electrons. The van der Waals surface area contributed by atoms with Crippen LogP contribution in [0.5, 0.6) is 5.88 Å². The molecule has 0 aromatic carbocycles. The Morgan fingerprint density at radius 1 is 1.10 bits per heavy atom. The first-order chi connectivity index (χ1) is 14.0. The molecular formula is C19H16F3N5O2. The zero-order valence-electron chi connectivity index (χ0n) is 15.1. The fourth-order valence-electron chi connectivity index (χ4n) is 2.57. The van der Waals surface area contributed by atoms with Crippen LogP contribution in [0.3, 0.4) is 0 Å². The van der Waals surface area contributed by atoms with Gasteiger partial charge in [-0.05, 0) is 23.8 Å². The van der Waals surface area contributed by atoms with Crippen molar-refractivity contribution < 1.29 is 22.6 Å². The number of alkyl halides is 3. The van der Waals surface area contributed by atoms with E-state index >= 15 is 0 Å². The summed E-state index contributed by atoms with van der Waals surface area (Å²) >= 11 is 0. The summed E-state index contributed by atoms with van der Waals surface area (Å²) in [5.41, 5.74) is 1.46. The maximum absolute atomic E-state index is 13.2. The second kappa shape index (κ2) is 8.00. The molecule has 1 saturated heterocycles. The van der Waals surface area contributed by atoms with Gasteiger partial charge in [-0.1, -0.05) is 6.07 Å². The Balaban J connectivity index is 1.45. The lowest BCUT2D eigenvalue weighted by molar-refractivity contribution is -0.142. The first-order valence-corrected chi connectivity index (χ1v) is 8.77. The van der Waals surface area contributed by atoms with Gasteiger partial charge in [0.1, 0.15) is 11.7 Å². The average molecular weight is 403 g/mol. The third-order valence-electron chi connectivity index (χ3n) is 4.18. The maximum Gasteiger partial charge on any atom is 0.423 e. The molecule has 0 unspecified atom stereocenters. The average Bonchev–Trinajstić information content (AvgIpc) is 2.69. The van der Waals surface area contributed by atoms with Crippen LogP contribution in [0.1, 0.15) is 11.1 Å². The van der Waals surface area contributed by atoms with Gasteiger partial charge in [0.25, 0.3) is 0 Å². The van der Waals surface area contributed by atoms with Crippen LogP contribution >= 0.6 is 0 Å². The van der Waals surface area contributed by atoms with Crippen LogP contribution in [0, 0.1) is 0 Å². The lowest BCUT2D eigenvalue weighted by Crippen LogP contribution is -2.39. The Hall–Kier alpha value is -3.27. The summed E-state index contributed by atoms with van der Waals surface area (Å²) in [7, 11) is 0. The van der Waals surface area contributed by atoms with Crippen LogP contribution in [0.4, 0.5) is 19.1 Å². The number of nitrogens with one attached hydrogen (secondary N) is 1. The number of aromatic nitrogens is 4. The molecule has 3 aromatic rings. The Morgan fingerprint density at radius 2 is 1.97 bits per heavy atom. The molecule has 7 nitrogen and oxygen atoms in total. The van der Waals surface area contributed by atoms with E-state index in [4.69, 9.17) is 9.47 Å². The van der Waals surface area contributed by atoms with Gasteiger partial charge in [-0.15, -0.1) is 0 Å². The second-order valence-electron chi connectivity index (χ2n) is 6.33. The van der Waals surface area contributed by atoms with Gasteiger partial charge in [-0.3, -0.25) is 9.97 Å². The molecule has 0 aliphatic carbocycles. The maximum atomic E-state index is 13.2. The summed E-state index contributed by atoms with van der Waals surface area (Å²) in [5, 5.41) is 2.90. The van der Waals surface area contributed by atoms with Crippen LogP contribution in [0.2, 0.25) is 0 Å². The Morgan fingerprint density at radius 3 is 2.59 bits per heavy atom. The standard InChI is InChI=1S/C19H16F3N5O2/c20-19(21,22)15-9-26-18(27-17(15)29-14-10-28-11-14)25-7-12-3-4-16(24-6-12)13-2-1-5-23-8-13/h1-6,8-9,14H,7,10-11H2,(H,25,26,27). The number of ether oxygens (including phenoxy) is 2. The molecule has 1 fully saturated rings. The van der Waals surface area contributed by atoms with E-state index in [1.165, 1.54) is 0 Å². The van der Waals surface area contributed by atoms with Crippen LogP contribution in [0.25, 0.3) is 11.3 Å². The Labute approximate surface area is 164 Å². The first kappa shape index (κ1) is 19.1. The molecule has 0 radical (unpaired) electrons. The molecular weight excluding hydrogens is 387 g/mol. The third kappa shape index (κ3) is 4.60. The van der Waals surface area contributed by atoms with Gasteiger partial charge in [0, 0.05) is 36.9 Å². The number of hydrogen-bond acceptors (Lipinski definition) is 7. The van der Waals surface area contributed by atoms with Crippen molar-refractivity contribution in [2.45, 2.75) is 18.8 Å². The second-order valence-corrected chi connectivity index (χ2v) is 6.33. The van der Waals surface area contributed by atoms with E-state index in [0.29, 0.717) is 6.20 Å². The molecule has 4 rings (SSSR count). The number of hydrogen-bond donors (Lipinski definition) is 1. The van der Waals surface area contributed by atoms with Gasteiger partial charge in [0.15, 0.2) is 0 Å². The molecule has 0 atom stereocenters. The van der Waals surface area contributed by atoms with E-state index < -0.39 is 23.7 Å². The van der Waals surface area contributed by atoms with E-state index in [1.807, 2.05) is 24.3 Å². The normalized spacial score (nSPS) is 14.3. The molecule has 0 bridgehead atoms. The van der Waals surface area contributed by atoms with Gasteiger partial charge in [0.2, 0.25) is 11.8 Å². The van der Waals surface area contributed by atoms with Crippen molar-refractivity contribution in [2.75, 3.05) is 18.5 Å². The molecule has 3 aromatic heterocycles. The molecule has 1 N–H and O–H groups in total. The molecule has 0 spiro atoms. The van der Waals surface area contributed by atoms with Crippen molar-refractivity contribution in [3.05, 3.63) is 60.2 Å². The molecule has 1 aliphatic heterocycles. The van der Waals surface area contributed by atoms with Crippen molar-refractivity contribution >= 4 is 5.95 Å². The van der Waals surface area contributed by atoms with Crippen LogP contribution in [0.15, 0.2) is 49.1 Å². The lowest BCUT2D eigenvalue weighted by Gasteiger charge is -2.27. The SMILES string of the molecule is FC(F)(F)c1cnc(NCc2ccc(-c3cccnc3)nc2)nc1OC1COC1. The van der Waals surface area contributed by atoms with E-state index in [9.17, 15) is 13.2 Å². The summed E-state index contributed by atoms with van der Waals surface area (Å²) in [4.78, 5) is 16.1. The quantitative estimate of drug-likeness (QED) is 0.676. The van der Waals surface area contributed by atoms with E-state index in [0.717, 1.165) is 16.8 Å². The number of nitrogens with zero attached hydrogens (tertiary/aromatic N) is 4. The topological polar surface area (TPSA) is 82.1 Å². The predicted octanol–water partition coefficient (Wildman–Crippen LogP) is 3.34. The number of halogens is 3. The molecule has 29 heavy (non-hydrogen) atoms. The Bertz CT molecular complexity index is 964. The summed E-state index contributed by atoms with van der Waals surface area (Å²) in [5.74, 6) is -0.474. The molecule has 10 heteroatoms. The largest absolute Gasteiger partial charge is 0.469 e.